The van der Waals surface area contributed by atoms with Crippen LogP contribution in [0.1, 0.15) is 61.4 Å². The van der Waals surface area contributed by atoms with Gasteiger partial charge in [0.05, 0.1) is 0 Å². The van der Waals surface area contributed by atoms with E-state index in [1.807, 2.05) is 18.2 Å². The number of carbonyl (C=O) groups is 1. The molecule has 1 saturated carbocycles. The van der Waals surface area contributed by atoms with Crippen molar-refractivity contribution in [2.24, 2.45) is 0 Å². The molecular weight excluding hydrogens is 286 g/mol. The second-order valence-corrected chi connectivity index (χ2v) is 7.20. The molecule has 1 aliphatic carbocycles. The van der Waals surface area contributed by atoms with Gasteiger partial charge in [0.25, 0.3) is 5.91 Å². The van der Waals surface area contributed by atoms with Crippen LogP contribution < -0.4 is 10.6 Å². The summed E-state index contributed by atoms with van der Waals surface area (Å²) in [7, 11) is 2.17. The van der Waals surface area contributed by atoms with E-state index < -0.39 is 0 Å². The lowest BCUT2D eigenvalue weighted by atomic mass is 9.96. The average molecular weight is 315 g/mol. The van der Waals surface area contributed by atoms with Crippen molar-refractivity contribution >= 4 is 11.6 Å². The number of nitrogens with one attached hydrogen (secondary N) is 2. The summed E-state index contributed by atoms with van der Waals surface area (Å²) >= 11 is 0. The molecule has 1 heterocycles. The van der Waals surface area contributed by atoms with Crippen LogP contribution in [0, 0.1) is 0 Å². The van der Waals surface area contributed by atoms with Crippen LogP contribution in [0.25, 0.3) is 0 Å². The van der Waals surface area contributed by atoms with Crippen LogP contribution in [0.5, 0.6) is 0 Å². The van der Waals surface area contributed by atoms with Crippen molar-refractivity contribution in [2.75, 3.05) is 25.5 Å². The van der Waals surface area contributed by atoms with E-state index in [1.165, 1.54) is 36.9 Å². The van der Waals surface area contributed by atoms with Gasteiger partial charge in [0.15, 0.2) is 0 Å². The number of hydrogen-bond acceptors (Lipinski definition) is 3. The number of likely N-dealkylation sites (N-methyl/N-ethyl adjacent to an activating group) is 1. The Morgan fingerprint density at radius 1 is 1.30 bits per heavy atom. The second kappa shape index (κ2) is 6.91. The first-order chi connectivity index (χ1) is 11.1. The highest BCUT2D eigenvalue weighted by Crippen LogP contribution is 2.35. The first-order valence-electron chi connectivity index (χ1n) is 8.95. The molecule has 1 aliphatic heterocycles. The van der Waals surface area contributed by atoms with Gasteiger partial charge in [-0.2, -0.15) is 0 Å². The zero-order valence-corrected chi connectivity index (χ0v) is 14.6. The number of anilines is 1. The van der Waals surface area contributed by atoms with Crippen molar-refractivity contribution < 1.29 is 4.79 Å². The fourth-order valence-corrected chi connectivity index (χ4v) is 3.83. The van der Waals surface area contributed by atoms with E-state index in [9.17, 15) is 4.79 Å². The van der Waals surface area contributed by atoms with Gasteiger partial charge in [0.1, 0.15) is 0 Å². The van der Waals surface area contributed by atoms with Gasteiger partial charge in [-0.25, -0.2) is 0 Å². The molecule has 1 fully saturated rings. The number of rotatable bonds is 5. The Labute approximate surface area is 139 Å². The van der Waals surface area contributed by atoms with Gasteiger partial charge in [0.2, 0.25) is 0 Å². The molecule has 0 spiro atoms. The number of fused-ring (bicyclic) bond motifs is 1. The fourth-order valence-electron chi connectivity index (χ4n) is 3.83. The third kappa shape index (κ3) is 3.52. The maximum atomic E-state index is 12.4. The van der Waals surface area contributed by atoms with E-state index in [0.29, 0.717) is 24.5 Å². The van der Waals surface area contributed by atoms with Gasteiger partial charge < -0.3 is 15.5 Å². The van der Waals surface area contributed by atoms with Crippen LogP contribution in [0.15, 0.2) is 18.2 Å². The molecule has 1 aromatic rings. The normalized spacial score (nSPS) is 23.8. The molecule has 3 rings (SSSR count). The second-order valence-electron chi connectivity index (χ2n) is 7.20. The van der Waals surface area contributed by atoms with Crippen LogP contribution in [0.4, 0.5) is 5.69 Å². The Hall–Kier alpha value is -1.55. The van der Waals surface area contributed by atoms with Crippen LogP contribution in [-0.2, 0) is 0 Å². The summed E-state index contributed by atoms with van der Waals surface area (Å²) in [5.41, 5.74) is 3.20. The molecule has 0 aromatic heterocycles. The summed E-state index contributed by atoms with van der Waals surface area (Å²) in [6.45, 7) is 6.04. The van der Waals surface area contributed by atoms with E-state index in [-0.39, 0.29) is 5.91 Å². The molecule has 2 unspecified atom stereocenters. The number of amides is 1. The molecule has 0 bridgehead atoms. The molecule has 2 aliphatic rings. The van der Waals surface area contributed by atoms with Crippen molar-refractivity contribution in [1.29, 1.82) is 0 Å². The predicted molar refractivity (Wildman–Crippen MR) is 95.2 cm³/mol. The lowest BCUT2D eigenvalue weighted by Gasteiger charge is -2.23. The lowest BCUT2D eigenvalue weighted by Crippen LogP contribution is -2.37. The minimum Gasteiger partial charge on any atom is -0.382 e. The SMILES string of the molecule is CC1Nc2ccc(C(=O)NCCN(C)C3CCCC3)cc2C1C. The highest BCUT2D eigenvalue weighted by molar-refractivity contribution is 5.95. The van der Waals surface area contributed by atoms with E-state index in [1.54, 1.807) is 0 Å². The Morgan fingerprint density at radius 3 is 2.78 bits per heavy atom. The molecule has 1 amide bonds. The molecular formula is C19H29N3O. The summed E-state index contributed by atoms with van der Waals surface area (Å²) < 4.78 is 0. The van der Waals surface area contributed by atoms with Gasteiger partial charge in [0, 0.05) is 42.3 Å². The first-order valence-corrected chi connectivity index (χ1v) is 8.95. The molecule has 0 radical (unpaired) electrons. The maximum absolute atomic E-state index is 12.4. The fraction of sp³-hybridized carbons (Fsp3) is 0.632. The summed E-state index contributed by atoms with van der Waals surface area (Å²) in [4.78, 5) is 14.8. The van der Waals surface area contributed by atoms with E-state index >= 15 is 0 Å². The number of benzene rings is 1. The number of nitrogens with zero attached hydrogens (tertiary/aromatic N) is 1. The van der Waals surface area contributed by atoms with Crippen molar-refractivity contribution in [3.63, 3.8) is 0 Å². The van der Waals surface area contributed by atoms with Crippen molar-refractivity contribution in [1.82, 2.24) is 10.2 Å². The highest BCUT2D eigenvalue weighted by Gasteiger charge is 2.26. The van der Waals surface area contributed by atoms with Gasteiger partial charge in [-0.3, -0.25) is 4.79 Å². The summed E-state index contributed by atoms with van der Waals surface area (Å²) in [5, 5.41) is 6.53. The van der Waals surface area contributed by atoms with E-state index in [0.717, 1.165) is 12.1 Å². The monoisotopic (exact) mass is 315 g/mol. The van der Waals surface area contributed by atoms with Crippen LogP contribution >= 0.6 is 0 Å². The van der Waals surface area contributed by atoms with Crippen molar-refractivity contribution in [3.05, 3.63) is 29.3 Å². The molecule has 0 saturated heterocycles. The maximum Gasteiger partial charge on any atom is 0.251 e. The summed E-state index contributed by atoms with van der Waals surface area (Å²) in [6.07, 6.45) is 5.30. The highest BCUT2D eigenvalue weighted by atomic mass is 16.1. The third-order valence-corrected chi connectivity index (χ3v) is 5.64. The Kier molecular flexibility index (Phi) is 4.90. The molecule has 2 atom stereocenters. The minimum atomic E-state index is 0.0411. The van der Waals surface area contributed by atoms with Gasteiger partial charge in [-0.15, -0.1) is 0 Å². The molecule has 1 aromatic carbocycles. The van der Waals surface area contributed by atoms with Crippen LogP contribution in [0.3, 0.4) is 0 Å². The van der Waals surface area contributed by atoms with E-state index in [2.05, 4.69) is 36.4 Å². The Bertz CT molecular complexity index is 566. The summed E-state index contributed by atoms with van der Waals surface area (Å²) in [5.74, 6) is 0.491. The smallest absolute Gasteiger partial charge is 0.251 e. The molecule has 126 valence electrons. The van der Waals surface area contributed by atoms with Crippen LogP contribution in [0.2, 0.25) is 0 Å². The number of hydrogen-bond donors (Lipinski definition) is 2. The zero-order chi connectivity index (χ0) is 16.4. The first kappa shape index (κ1) is 16.3. The van der Waals surface area contributed by atoms with Crippen molar-refractivity contribution in [3.8, 4) is 0 Å². The van der Waals surface area contributed by atoms with Crippen molar-refractivity contribution in [2.45, 2.75) is 57.5 Å². The Morgan fingerprint density at radius 2 is 2.04 bits per heavy atom. The third-order valence-electron chi connectivity index (χ3n) is 5.64. The topological polar surface area (TPSA) is 44.4 Å². The molecule has 2 N–H and O–H groups in total. The predicted octanol–water partition coefficient (Wildman–Crippen LogP) is 3.21. The number of carbonyl (C=O) groups excluding carboxylic acids is 1. The average Bonchev–Trinajstić information content (AvgIpc) is 3.16. The lowest BCUT2D eigenvalue weighted by molar-refractivity contribution is 0.0947. The largest absolute Gasteiger partial charge is 0.382 e. The van der Waals surface area contributed by atoms with E-state index in [4.69, 9.17) is 0 Å². The summed E-state index contributed by atoms with van der Waals surface area (Å²) in [6, 6.07) is 7.15. The Balaban J connectivity index is 1.53. The molecule has 4 nitrogen and oxygen atoms in total. The van der Waals surface area contributed by atoms with Gasteiger partial charge in [-0.1, -0.05) is 19.8 Å². The zero-order valence-electron chi connectivity index (χ0n) is 14.6. The van der Waals surface area contributed by atoms with Gasteiger partial charge >= 0.3 is 0 Å². The quantitative estimate of drug-likeness (QED) is 0.877. The standard InChI is InChI=1S/C19H29N3O/c1-13-14(2)21-18-9-8-15(12-17(13)18)19(23)20-10-11-22(3)16-6-4-5-7-16/h8-9,12-14,16,21H,4-7,10-11H2,1-3H3,(H,20,23). The van der Waals surface area contributed by atoms with Gasteiger partial charge in [-0.05, 0) is 50.6 Å². The minimum absolute atomic E-state index is 0.0411. The molecule has 4 heteroatoms. The molecule has 23 heavy (non-hydrogen) atoms. The van der Waals surface area contributed by atoms with Crippen LogP contribution in [-0.4, -0.2) is 43.0 Å².